The first-order chi connectivity index (χ1) is 11.7. The van der Waals surface area contributed by atoms with Crippen LogP contribution in [0.2, 0.25) is 5.02 Å². The van der Waals surface area contributed by atoms with Gasteiger partial charge in [0.25, 0.3) is 0 Å². The van der Waals surface area contributed by atoms with Crippen LogP contribution < -0.4 is 5.73 Å². The first kappa shape index (κ1) is 19.3. The normalized spacial score (nSPS) is 16.6. The summed E-state index contributed by atoms with van der Waals surface area (Å²) in [5.74, 6) is -0.313. The number of carbonyl (C=O) groups excluding carboxylic acids is 2. The zero-order chi connectivity index (χ0) is 18.6. The van der Waals surface area contributed by atoms with Gasteiger partial charge >= 0.3 is 6.09 Å². The van der Waals surface area contributed by atoms with Gasteiger partial charge in [-0.25, -0.2) is 4.79 Å². The molecule has 6 heteroatoms. The van der Waals surface area contributed by atoms with Crippen LogP contribution in [0.25, 0.3) is 5.57 Å². The molecule has 0 radical (unpaired) electrons. The molecule has 0 unspecified atom stereocenters. The van der Waals surface area contributed by atoms with Crippen molar-refractivity contribution in [2.45, 2.75) is 39.2 Å². The number of amides is 2. The van der Waals surface area contributed by atoms with Crippen molar-refractivity contribution < 1.29 is 14.3 Å². The highest BCUT2D eigenvalue weighted by Gasteiger charge is 2.28. The Balaban J connectivity index is 2.09. The number of halogens is 1. The maximum absolute atomic E-state index is 12.2. The van der Waals surface area contributed by atoms with Gasteiger partial charge in [-0.1, -0.05) is 23.7 Å². The lowest BCUT2D eigenvalue weighted by Gasteiger charge is -2.34. The summed E-state index contributed by atoms with van der Waals surface area (Å²) in [5.41, 5.74) is 6.71. The van der Waals surface area contributed by atoms with E-state index in [1.165, 1.54) is 6.08 Å². The van der Waals surface area contributed by atoms with Gasteiger partial charge in [-0.05, 0) is 62.8 Å². The van der Waals surface area contributed by atoms with Gasteiger partial charge in [0.05, 0.1) is 0 Å². The van der Waals surface area contributed by atoms with Crippen molar-refractivity contribution in [2.75, 3.05) is 13.1 Å². The number of piperidine rings is 1. The van der Waals surface area contributed by atoms with E-state index in [9.17, 15) is 9.59 Å². The van der Waals surface area contributed by atoms with Crippen LogP contribution in [-0.4, -0.2) is 35.6 Å². The van der Waals surface area contributed by atoms with Crippen LogP contribution in [-0.2, 0) is 9.53 Å². The van der Waals surface area contributed by atoms with Crippen molar-refractivity contribution in [2.24, 2.45) is 11.7 Å². The van der Waals surface area contributed by atoms with Crippen LogP contribution in [0, 0.1) is 5.92 Å². The molecule has 1 aliphatic rings. The Hall–Kier alpha value is -2.01. The predicted molar refractivity (Wildman–Crippen MR) is 99.2 cm³/mol. The first-order valence-corrected chi connectivity index (χ1v) is 8.78. The molecule has 1 aliphatic heterocycles. The zero-order valence-electron chi connectivity index (χ0n) is 14.9. The molecule has 2 N–H and O–H groups in total. The minimum absolute atomic E-state index is 0.160. The Morgan fingerprint density at radius 3 is 2.24 bits per heavy atom. The highest BCUT2D eigenvalue weighted by atomic mass is 35.5. The van der Waals surface area contributed by atoms with Gasteiger partial charge in [-0.3, -0.25) is 4.79 Å². The number of likely N-dealkylation sites (tertiary alicyclic amines) is 1. The molecule has 0 spiro atoms. The molecule has 0 aromatic heterocycles. The summed E-state index contributed by atoms with van der Waals surface area (Å²) >= 11 is 5.95. The topological polar surface area (TPSA) is 72.6 Å². The second-order valence-electron chi connectivity index (χ2n) is 7.25. The molecule has 2 rings (SSSR count). The smallest absolute Gasteiger partial charge is 0.410 e. The first-order valence-electron chi connectivity index (χ1n) is 8.40. The van der Waals surface area contributed by atoms with Crippen molar-refractivity contribution in [3.05, 3.63) is 40.9 Å². The molecule has 1 saturated heterocycles. The summed E-state index contributed by atoms with van der Waals surface area (Å²) in [6.45, 7) is 6.73. The molecule has 1 heterocycles. The molecule has 0 aliphatic carbocycles. The van der Waals surface area contributed by atoms with Gasteiger partial charge in [0, 0.05) is 24.2 Å². The second-order valence-corrected chi connectivity index (χ2v) is 7.69. The van der Waals surface area contributed by atoms with Crippen molar-refractivity contribution >= 4 is 29.2 Å². The van der Waals surface area contributed by atoms with Crippen molar-refractivity contribution in [3.8, 4) is 0 Å². The standard InChI is InChI=1S/C19H25ClN2O3/c1-19(2,3)25-18(24)22-10-8-14(9-11-22)16(12-17(21)23)13-4-6-15(20)7-5-13/h4-7,12,14H,8-11H2,1-3H3,(H2,21,23)/b16-12+. The summed E-state index contributed by atoms with van der Waals surface area (Å²) in [5, 5.41) is 0.641. The van der Waals surface area contributed by atoms with E-state index in [2.05, 4.69) is 0 Å². The maximum atomic E-state index is 12.2. The van der Waals surface area contributed by atoms with E-state index in [-0.39, 0.29) is 12.0 Å². The van der Waals surface area contributed by atoms with Crippen LogP contribution in [0.1, 0.15) is 39.2 Å². The molecule has 0 bridgehead atoms. The Bertz CT molecular complexity index is 654. The fourth-order valence-corrected chi connectivity index (χ4v) is 3.06. The minimum Gasteiger partial charge on any atom is -0.444 e. The number of allylic oxidation sites excluding steroid dienone is 1. The average Bonchev–Trinajstić information content (AvgIpc) is 2.52. The highest BCUT2D eigenvalue weighted by Crippen LogP contribution is 2.32. The Morgan fingerprint density at radius 2 is 1.76 bits per heavy atom. The molecule has 2 amide bonds. The van der Waals surface area contributed by atoms with Crippen molar-refractivity contribution in [1.29, 1.82) is 0 Å². The Kier molecular flexibility index (Phi) is 6.11. The molecule has 25 heavy (non-hydrogen) atoms. The van der Waals surface area contributed by atoms with Gasteiger partial charge in [-0.15, -0.1) is 0 Å². The molecular formula is C19H25ClN2O3. The third-order valence-electron chi connectivity index (χ3n) is 4.06. The lowest BCUT2D eigenvalue weighted by Crippen LogP contribution is -2.42. The van der Waals surface area contributed by atoms with E-state index < -0.39 is 11.5 Å². The molecular weight excluding hydrogens is 340 g/mol. The molecule has 0 saturated carbocycles. The summed E-state index contributed by atoms with van der Waals surface area (Å²) in [4.78, 5) is 25.3. The largest absolute Gasteiger partial charge is 0.444 e. The summed E-state index contributed by atoms with van der Waals surface area (Å²) in [6, 6.07) is 7.36. The predicted octanol–water partition coefficient (Wildman–Crippen LogP) is 3.86. The van der Waals surface area contributed by atoms with Crippen LogP contribution in [0.15, 0.2) is 30.3 Å². The van der Waals surface area contributed by atoms with E-state index >= 15 is 0 Å². The molecule has 1 fully saturated rings. The highest BCUT2D eigenvalue weighted by molar-refractivity contribution is 6.30. The van der Waals surface area contributed by atoms with Crippen LogP contribution in [0.5, 0.6) is 0 Å². The maximum Gasteiger partial charge on any atom is 0.410 e. The van der Waals surface area contributed by atoms with Crippen LogP contribution in [0.3, 0.4) is 0 Å². The molecule has 0 atom stereocenters. The number of nitrogens with zero attached hydrogens (tertiary/aromatic N) is 1. The number of hydrogen-bond acceptors (Lipinski definition) is 3. The van der Waals surface area contributed by atoms with E-state index in [1.807, 2.05) is 32.9 Å². The van der Waals surface area contributed by atoms with Crippen LogP contribution >= 0.6 is 11.6 Å². The fraction of sp³-hybridized carbons (Fsp3) is 0.474. The number of rotatable bonds is 3. The quantitative estimate of drug-likeness (QED) is 0.828. The zero-order valence-corrected chi connectivity index (χ0v) is 15.7. The third kappa shape index (κ3) is 5.78. The number of carbonyl (C=O) groups is 2. The lowest BCUT2D eigenvalue weighted by molar-refractivity contribution is -0.113. The lowest BCUT2D eigenvalue weighted by atomic mass is 9.85. The Labute approximate surface area is 153 Å². The summed E-state index contributed by atoms with van der Waals surface area (Å²) in [7, 11) is 0. The summed E-state index contributed by atoms with van der Waals surface area (Å²) < 4.78 is 5.42. The van der Waals surface area contributed by atoms with Gasteiger partial charge in [0.2, 0.25) is 5.91 Å². The number of ether oxygens (including phenoxy) is 1. The number of benzene rings is 1. The van der Waals surface area contributed by atoms with Crippen molar-refractivity contribution in [1.82, 2.24) is 4.90 Å². The third-order valence-corrected chi connectivity index (χ3v) is 4.31. The van der Waals surface area contributed by atoms with Gasteiger partial charge in [0.15, 0.2) is 0 Å². The van der Waals surface area contributed by atoms with E-state index in [4.69, 9.17) is 22.1 Å². The van der Waals surface area contributed by atoms with Gasteiger partial charge in [-0.2, -0.15) is 0 Å². The molecule has 1 aromatic carbocycles. The second kappa shape index (κ2) is 7.91. The molecule has 136 valence electrons. The van der Waals surface area contributed by atoms with E-state index in [0.717, 1.165) is 24.0 Å². The van der Waals surface area contributed by atoms with Crippen molar-refractivity contribution in [3.63, 3.8) is 0 Å². The van der Waals surface area contributed by atoms with E-state index in [0.29, 0.717) is 18.1 Å². The van der Waals surface area contributed by atoms with Gasteiger partial charge < -0.3 is 15.4 Å². The summed E-state index contributed by atoms with van der Waals surface area (Å²) in [6.07, 6.45) is 2.69. The van der Waals surface area contributed by atoms with Crippen LogP contribution in [0.4, 0.5) is 4.79 Å². The molecule has 1 aromatic rings. The monoisotopic (exact) mass is 364 g/mol. The average molecular weight is 365 g/mol. The van der Waals surface area contributed by atoms with E-state index in [1.54, 1.807) is 17.0 Å². The molecule has 5 nitrogen and oxygen atoms in total. The van der Waals surface area contributed by atoms with Gasteiger partial charge in [0.1, 0.15) is 5.60 Å². The SMILES string of the molecule is CC(C)(C)OC(=O)N1CCC(/C(=C/C(N)=O)c2ccc(Cl)cc2)CC1. The number of hydrogen-bond donors (Lipinski definition) is 1. The number of nitrogens with two attached hydrogens (primary N) is 1. The Morgan fingerprint density at radius 1 is 1.20 bits per heavy atom. The number of primary amides is 1. The fourth-order valence-electron chi connectivity index (χ4n) is 2.93. The minimum atomic E-state index is -0.506.